The summed E-state index contributed by atoms with van der Waals surface area (Å²) in [6.07, 6.45) is 2.64. The van der Waals surface area contributed by atoms with E-state index in [-0.39, 0.29) is 18.4 Å². The first-order valence-corrected chi connectivity index (χ1v) is 13.8. The molecule has 2 aliphatic rings. The van der Waals surface area contributed by atoms with Gasteiger partial charge in [0.05, 0.1) is 6.61 Å². The molecule has 210 valence electrons. The zero-order valence-electron chi connectivity index (χ0n) is 22.8. The summed E-state index contributed by atoms with van der Waals surface area (Å²) < 4.78 is 10.5. The van der Waals surface area contributed by atoms with Crippen molar-refractivity contribution in [3.05, 3.63) is 71.8 Å². The van der Waals surface area contributed by atoms with Gasteiger partial charge in [0.1, 0.15) is 18.2 Å². The summed E-state index contributed by atoms with van der Waals surface area (Å²) >= 11 is 0. The minimum Gasteiger partial charge on any atom is -0.445 e. The van der Waals surface area contributed by atoms with Crippen molar-refractivity contribution >= 4 is 17.9 Å². The third-order valence-electron chi connectivity index (χ3n) is 7.72. The number of methoxy groups -OCH3 is 1. The van der Waals surface area contributed by atoms with E-state index in [1.54, 1.807) is 12.0 Å². The number of likely N-dealkylation sites (tertiary alicyclic amines) is 1. The predicted octanol–water partition coefficient (Wildman–Crippen LogP) is 2.74. The van der Waals surface area contributed by atoms with Crippen LogP contribution in [0.3, 0.4) is 0 Å². The van der Waals surface area contributed by atoms with E-state index in [1.165, 1.54) is 5.56 Å². The number of rotatable bonds is 12. The second-order valence-electron chi connectivity index (χ2n) is 10.2. The summed E-state index contributed by atoms with van der Waals surface area (Å²) in [4.78, 5) is 43.2. The number of amides is 3. The van der Waals surface area contributed by atoms with Gasteiger partial charge in [-0.3, -0.25) is 9.59 Å². The van der Waals surface area contributed by atoms with E-state index in [0.29, 0.717) is 45.4 Å². The van der Waals surface area contributed by atoms with Gasteiger partial charge in [-0.15, -0.1) is 0 Å². The van der Waals surface area contributed by atoms with Crippen LogP contribution in [0.25, 0.3) is 0 Å². The molecule has 0 saturated carbocycles. The lowest BCUT2D eigenvalue weighted by Gasteiger charge is -2.51. The number of ether oxygens (including phenoxy) is 2. The first-order valence-electron chi connectivity index (χ1n) is 13.8. The Bertz CT molecular complexity index is 1070. The SMILES string of the molecule is COCCN1C(=O)[C@H](CCCNC(=O)OCc2ccccc2)NC(=O)C12CCN(CCc1ccccc1)CC2. The van der Waals surface area contributed by atoms with E-state index in [2.05, 4.69) is 39.8 Å². The average molecular weight is 537 g/mol. The van der Waals surface area contributed by atoms with Crippen LogP contribution in [0.2, 0.25) is 0 Å². The maximum Gasteiger partial charge on any atom is 0.407 e. The Kier molecular flexibility index (Phi) is 10.3. The second kappa shape index (κ2) is 14.1. The summed E-state index contributed by atoms with van der Waals surface area (Å²) in [5.74, 6) is -0.155. The van der Waals surface area contributed by atoms with Gasteiger partial charge in [0.25, 0.3) is 0 Å². The molecule has 4 rings (SSSR count). The Labute approximate surface area is 230 Å². The molecule has 2 aromatic rings. The molecule has 1 spiro atoms. The number of piperidine rings is 1. The van der Waals surface area contributed by atoms with E-state index in [9.17, 15) is 14.4 Å². The Morgan fingerprint density at radius 1 is 1.00 bits per heavy atom. The molecule has 39 heavy (non-hydrogen) atoms. The number of carbonyl (C=O) groups is 3. The molecule has 2 aromatic carbocycles. The van der Waals surface area contributed by atoms with Crippen LogP contribution in [0.1, 0.15) is 36.8 Å². The zero-order chi connectivity index (χ0) is 27.5. The van der Waals surface area contributed by atoms with Crippen molar-refractivity contribution in [3.63, 3.8) is 0 Å². The second-order valence-corrected chi connectivity index (χ2v) is 10.2. The van der Waals surface area contributed by atoms with Crippen LogP contribution in [0.5, 0.6) is 0 Å². The van der Waals surface area contributed by atoms with Crippen LogP contribution in [0.15, 0.2) is 60.7 Å². The minimum atomic E-state index is -0.838. The fraction of sp³-hybridized carbons (Fsp3) is 0.500. The van der Waals surface area contributed by atoms with Crippen molar-refractivity contribution in [2.24, 2.45) is 0 Å². The van der Waals surface area contributed by atoms with Crippen molar-refractivity contribution in [2.75, 3.05) is 46.4 Å². The van der Waals surface area contributed by atoms with Gasteiger partial charge in [0.15, 0.2) is 0 Å². The minimum absolute atomic E-state index is 0.0731. The number of nitrogens with zero attached hydrogens (tertiary/aromatic N) is 2. The molecule has 1 atom stereocenters. The maximum atomic E-state index is 13.6. The van der Waals surface area contributed by atoms with Gasteiger partial charge in [0, 0.05) is 39.8 Å². The van der Waals surface area contributed by atoms with Crippen LogP contribution < -0.4 is 10.6 Å². The third-order valence-corrected chi connectivity index (χ3v) is 7.72. The van der Waals surface area contributed by atoms with Crippen molar-refractivity contribution < 1.29 is 23.9 Å². The molecule has 0 aliphatic carbocycles. The lowest BCUT2D eigenvalue weighted by molar-refractivity contribution is -0.162. The molecular weight excluding hydrogens is 496 g/mol. The van der Waals surface area contributed by atoms with E-state index < -0.39 is 17.7 Å². The van der Waals surface area contributed by atoms with Gasteiger partial charge in [0.2, 0.25) is 11.8 Å². The topological polar surface area (TPSA) is 100 Å². The van der Waals surface area contributed by atoms with Crippen molar-refractivity contribution in [1.29, 1.82) is 0 Å². The molecule has 2 N–H and O–H groups in total. The summed E-state index contributed by atoms with van der Waals surface area (Å²) in [7, 11) is 1.60. The summed E-state index contributed by atoms with van der Waals surface area (Å²) in [5.41, 5.74) is 1.37. The number of carbonyl (C=O) groups excluding carboxylic acids is 3. The van der Waals surface area contributed by atoms with E-state index in [0.717, 1.165) is 31.6 Å². The van der Waals surface area contributed by atoms with Crippen LogP contribution in [0, 0.1) is 0 Å². The number of nitrogens with one attached hydrogen (secondary N) is 2. The number of benzene rings is 2. The molecular formula is C30H40N4O5. The van der Waals surface area contributed by atoms with Crippen LogP contribution in [-0.2, 0) is 32.1 Å². The lowest BCUT2D eigenvalue weighted by Crippen LogP contribution is -2.73. The zero-order valence-corrected chi connectivity index (χ0v) is 22.8. The summed E-state index contributed by atoms with van der Waals surface area (Å²) in [6.45, 7) is 3.76. The molecule has 2 heterocycles. The smallest absolute Gasteiger partial charge is 0.407 e. The van der Waals surface area contributed by atoms with Gasteiger partial charge >= 0.3 is 6.09 Å². The molecule has 0 bridgehead atoms. The Morgan fingerprint density at radius 2 is 1.67 bits per heavy atom. The molecule has 2 fully saturated rings. The highest BCUT2D eigenvalue weighted by Crippen LogP contribution is 2.33. The Hall–Kier alpha value is -3.43. The number of hydrogen-bond donors (Lipinski definition) is 2. The molecule has 9 nitrogen and oxygen atoms in total. The molecule has 2 saturated heterocycles. The van der Waals surface area contributed by atoms with Crippen LogP contribution in [0.4, 0.5) is 4.79 Å². The Morgan fingerprint density at radius 3 is 2.33 bits per heavy atom. The van der Waals surface area contributed by atoms with Gasteiger partial charge in [-0.2, -0.15) is 0 Å². The van der Waals surface area contributed by atoms with E-state index >= 15 is 0 Å². The highest BCUT2D eigenvalue weighted by Gasteiger charge is 2.53. The molecule has 0 unspecified atom stereocenters. The fourth-order valence-electron chi connectivity index (χ4n) is 5.42. The van der Waals surface area contributed by atoms with E-state index in [1.807, 2.05) is 36.4 Å². The van der Waals surface area contributed by atoms with Crippen LogP contribution >= 0.6 is 0 Å². The monoisotopic (exact) mass is 536 g/mol. The molecule has 0 aromatic heterocycles. The fourth-order valence-corrected chi connectivity index (χ4v) is 5.42. The molecule has 9 heteroatoms. The number of alkyl carbamates (subject to hydrolysis) is 1. The van der Waals surface area contributed by atoms with Gasteiger partial charge in [-0.25, -0.2) is 4.79 Å². The van der Waals surface area contributed by atoms with Crippen molar-refractivity contribution in [3.8, 4) is 0 Å². The molecule has 0 radical (unpaired) electrons. The first kappa shape index (κ1) is 28.6. The van der Waals surface area contributed by atoms with Gasteiger partial charge in [-0.1, -0.05) is 60.7 Å². The Balaban J connectivity index is 1.26. The molecule has 3 amide bonds. The normalized spacial score (nSPS) is 19.1. The first-order chi connectivity index (χ1) is 19.0. The number of hydrogen-bond acceptors (Lipinski definition) is 6. The summed E-state index contributed by atoms with van der Waals surface area (Å²) in [6, 6.07) is 19.2. The highest BCUT2D eigenvalue weighted by atomic mass is 16.5. The quantitative estimate of drug-likeness (QED) is 0.405. The van der Waals surface area contributed by atoms with E-state index in [4.69, 9.17) is 9.47 Å². The maximum absolute atomic E-state index is 13.6. The lowest BCUT2D eigenvalue weighted by atomic mass is 9.81. The largest absolute Gasteiger partial charge is 0.445 e. The predicted molar refractivity (Wildman–Crippen MR) is 148 cm³/mol. The van der Waals surface area contributed by atoms with Crippen molar-refractivity contribution in [2.45, 2.75) is 50.3 Å². The average Bonchev–Trinajstić information content (AvgIpc) is 2.97. The van der Waals surface area contributed by atoms with Gasteiger partial charge < -0.3 is 29.9 Å². The highest BCUT2D eigenvalue weighted by molar-refractivity contribution is 6.00. The van der Waals surface area contributed by atoms with Crippen LogP contribution in [-0.4, -0.2) is 85.7 Å². The van der Waals surface area contributed by atoms with Crippen molar-refractivity contribution in [1.82, 2.24) is 20.4 Å². The number of piperazine rings is 1. The summed E-state index contributed by atoms with van der Waals surface area (Å²) in [5, 5.41) is 5.73. The third kappa shape index (κ3) is 7.58. The standard InChI is InChI=1S/C30H40N4O5/c1-38-22-21-34-27(35)26(13-8-17-31-29(37)39-23-25-11-6-3-7-12-25)32-28(36)30(34)15-19-33(20-16-30)18-14-24-9-4-2-5-10-24/h2-7,9-12,26H,8,13-23H2,1H3,(H,31,37)(H,32,36)/t26-/m0/s1. The molecule has 2 aliphatic heterocycles. The van der Waals surface area contributed by atoms with Gasteiger partial charge in [-0.05, 0) is 43.2 Å².